The van der Waals surface area contributed by atoms with E-state index in [4.69, 9.17) is 9.47 Å². The first-order valence-corrected chi connectivity index (χ1v) is 7.08. The lowest BCUT2D eigenvalue weighted by molar-refractivity contribution is -0.145. The number of aryl methyl sites for hydroxylation is 1. The minimum absolute atomic E-state index is 0.121. The highest BCUT2D eigenvalue weighted by atomic mass is 16.5. The lowest BCUT2D eigenvalue weighted by atomic mass is 10.1. The molecule has 0 unspecified atom stereocenters. The van der Waals surface area contributed by atoms with Crippen molar-refractivity contribution in [3.63, 3.8) is 0 Å². The molecule has 1 aromatic heterocycles. The van der Waals surface area contributed by atoms with Crippen LogP contribution < -0.4 is 0 Å². The number of pyridine rings is 1. The van der Waals surface area contributed by atoms with Crippen molar-refractivity contribution in [3.8, 4) is 0 Å². The molecule has 0 aliphatic carbocycles. The summed E-state index contributed by atoms with van der Waals surface area (Å²) in [6.45, 7) is 6.00. The van der Waals surface area contributed by atoms with Gasteiger partial charge in [0.05, 0.1) is 30.9 Å². The Morgan fingerprint density at radius 2 is 1.86 bits per heavy atom. The van der Waals surface area contributed by atoms with Gasteiger partial charge in [-0.25, -0.2) is 4.79 Å². The summed E-state index contributed by atoms with van der Waals surface area (Å²) >= 11 is 0. The zero-order valence-corrected chi connectivity index (χ0v) is 12.7. The Labute approximate surface area is 125 Å². The van der Waals surface area contributed by atoms with Crippen LogP contribution in [0.2, 0.25) is 0 Å². The Morgan fingerprint density at radius 1 is 1.14 bits per heavy atom. The minimum Gasteiger partial charge on any atom is -0.466 e. The van der Waals surface area contributed by atoms with E-state index in [-0.39, 0.29) is 25.2 Å². The first kappa shape index (κ1) is 16.9. The summed E-state index contributed by atoms with van der Waals surface area (Å²) < 4.78 is 9.82. The Bertz CT molecular complexity index is 506. The average molecular weight is 291 g/mol. The van der Waals surface area contributed by atoms with Crippen molar-refractivity contribution in [1.82, 2.24) is 4.98 Å². The normalized spacial score (nSPS) is 11.1. The molecule has 1 heterocycles. The Kier molecular flexibility index (Phi) is 7.15. The molecule has 0 spiro atoms. The molecule has 1 aromatic rings. The fraction of sp³-hybridized carbons (Fsp3) is 0.438. The second kappa shape index (κ2) is 8.89. The van der Waals surface area contributed by atoms with E-state index < -0.39 is 11.9 Å². The SMILES string of the molecule is CCOC(=O)CC(=Cc1ccc(CC)cn1)C(=O)OCC. The monoisotopic (exact) mass is 291 g/mol. The number of carbonyl (C=O) groups is 2. The molecule has 5 nitrogen and oxygen atoms in total. The van der Waals surface area contributed by atoms with Crippen LogP contribution >= 0.6 is 0 Å². The molecule has 0 radical (unpaired) electrons. The summed E-state index contributed by atoms with van der Waals surface area (Å²) in [6.07, 6.45) is 4.09. The molecule has 0 aromatic carbocycles. The topological polar surface area (TPSA) is 65.5 Å². The van der Waals surface area contributed by atoms with E-state index in [9.17, 15) is 9.59 Å². The molecule has 1 rings (SSSR count). The first-order valence-electron chi connectivity index (χ1n) is 7.08. The van der Waals surface area contributed by atoms with E-state index in [1.54, 1.807) is 26.1 Å². The number of ether oxygens (including phenoxy) is 2. The van der Waals surface area contributed by atoms with Gasteiger partial charge in [-0.1, -0.05) is 13.0 Å². The fourth-order valence-corrected chi connectivity index (χ4v) is 1.68. The standard InChI is InChI=1S/C16H21NO4/c1-4-12-7-8-14(17-11-12)9-13(16(19)21-6-3)10-15(18)20-5-2/h7-9,11H,4-6,10H2,1-3H3. The molecule has 0 bridgehead atoms. The lowest BCUT2D eigenvalue weighted by Crippen LogP contribution is -2.13. The maximum absolute atomic E-state index is 11.9. The van der Waals surface area contributed by atoms with Crippen molar-refractivity contribution in [3.05, 3.63) is 35.2 Å². The van der Waals surface area contributed by atoms with Crippen LogP contribution in [0.4, 0.5) is 0 Å². The summed E-state index contributed by atoms with van der Waals surface area (Å²) in [5.74, 6) is -0.978. The van der Waals surface area contributed by atoms with E-state index in [0.29, 0.717) is 5.69 Å². The average Bonchev–Trinajstić information content (AvgIpc) is 2.48. The molecule has 0 fully saturated rings. The lowest BCUT2D eigenvalue weighted by Gasteiger charge is -2.07. The number of rotatable bonds is 7. The Balaban J connectivity index is 2.94. The summed E-state index contributed by atoms with van der Waals surface area (Å²) in [4.78, 5) is 27.7. The number of carbonyl (C=O) groups excluding carboxylic acids is 2. The van der Waals surface area contributed by atoms with E-state index >= 15 is 0 Å². The Morgan fingerprint density at radius 3 is 2.38 bits per heavy atom. The number of nitrogens with zero attached hydrogens (tertiary/aromatic N) is 1. The molecular formula is C16H21NO4. The molecule has 0 N–H and O–H groups in total. The van der Waals surface area contributed by atoms with Gasteiger partial charge in [0.1, 0.15) is 0 Å². The van der Waals surface area contributed by atoms with Gasteiger partial charge in [0.2, 0.25) is 0 Å². The van der Waals surface area contributed by atoms with Gasteiger partial charge < -0.3 is 9.47 Å². The van der Waals surface area contributed by atoms with E-state index in [2.05, 4.69) is 4.98 Å². The summed E-state index contributed by atoms with van der Waals surface area (Å²) in [5, 5.41) is 0. The van der Waals surface area contributed by atoms with Gasteiger partial charge in [0.15, 0.2) is 0 Å². The third-order valence-corrected chi connectivity index (χ3v) is 2.76. The van der Waals surface area contributed by atoms with Crippen molar-refractivity contribution in [2.45, 2.75) is 33.6 Å². The third-order valence-electron chi connectivity index (χ3n) is 2.76. The quantitative estimate of drug-likeness (QED) is 0.570. The Hall–Kier alpha value is -2.17. The van der Waals surface area contributed by atoms with Gasteiger partial charge in [0.25, 0.3) is 0 Å². The smallest absolute Gasteiger partial charge is 0.334 e. The molecule has 0 aliphatic rings. The second-order valence-electron chi connectivity index (χ2n) is 4.32. The van der Waals surface area contributed by atoms with Crippen molar-refractivity contribution in [2.75, 3.05) is 13.2 Å². The number of esters is 2. The fourth-order valence-electron chi connectivity index (χ4n) is 1.68. The second-order valence-corrected chi connectivity index (χ2v) is 4.32. The third kappa shape index (κ3) is 5.77. The molecule has 0 saturated carbocycles. The summed E-state index contributed by atoms with van der Waals surface area (Å²) in [6, 6.07) is 3.75. The zero-order chi connectivity index (χ0) is 15.7. The zero-order valence-electron chi connectivity index (χ0n) is 12.7. The largest absolute Gasteiger partial charge is 0.466 e. The van der Waals surface area contributed by atoms with E-state index in [1.807, 2.05) is 19.1 Å². The van der Waals surface area contributed by atoms with Crippen molar-refractivity contribution < 1.29 is 19.1 Å². The highest BCUT2D eigenvalue weighted by molar-refractivity contribution is 5.98. The molecule has 114 valence electrons. The molecule has 0 atom stereocenters. The van der Waals surface area contributed by atoms with Crippen LogP contribution in [-0.4, -0.2) is 30.1 Å². The van der Waals surface area contributed by atoms with Crippen molar-refractivity contribution in [2.24, 2.45) is 0 Å². The van der Waals surface area contributed by atoms with Crippen molar-refractivity contribution >= 4 is 18.0 Å². The molecule has 21 heavy (non-hydrogen) atoms. The van der Waals surface area contributed by atoms with E-state index in [1.165, 1.54) is 0 Å². The van der Waals surface area contributed by atoms with Crippen LogP contribution in [0.3, 0.4) is 0 Å². The van der Waals surface area contributed by atoms with Gasteiger partial charge in [0, 0.05) is 6.20 Å². The van der Waals surface area contributed by atoms with Gasteiger partial charge in [-0.05, 0) is 38.0 Å². The van der Waals surface area contributed by atoms with Crippen LogP contribution in [-0.2, 0) is 25.5 Å². The highest BCUT2D eigenvalue weighted by Gasteiger charge is 2.16. The number of hydrogen-bond acceptors (Lipinski definition) is 5. The summed E-state index contributed by atoms with van der Waals surface area (Å²) in [5.41, 5.74) is 1.96. The van der Waals surface area contributed by atoms with Crippen molar-refractivity contribution in [1.29, 1.82) is 0 Å². The highest BCUT2D eigenvalue weighted by Crippen LogP contribution is 2.12. The van der Waals surface area contributed by atoms with Gasteiger partial charge >= 0.3 is 11.9 Å². The summed E-state index contributed by atoms with van der Waals surface area (Å²) in [7, 11) is 0. The molecular weight excluding hydrogens is 270 g/mol. The van der Waals surface area contributed by atoms with E-state index in [0.717, 1.165) is 12.0 Å². The first-order chi connectivity index (χ1) is 10.1. The maximum Gasteiger partial charge on any atom is 0.334 e. The predicted molar refractivity (Wildman–Crippen MR) is 79.5 cm³/mol. The van der Waals surface area contributed by atoms with Crippen LogP contribution in [0.15, 0.2) is 23.9 Å². The minimum atomic E-state index is -0.521. The number of aromatic nitrogens is 1. The number of hydrogen-bond donors (Lipinski definition) is 0. The van der Waals surface area contributed by atoms with Crippen LogP contribution in [0.5, 0.6) is 0 Å². The maximum atomic E-state index is 11.9. The van der Waals surface area contributed by atoms with Crippen LogP contribution in [0, 0.1) is 0 Å². The van der Waals surface area contributed by atoms with Gasteiger partial charge in [-0.15, -0.1) is 0 Å². The predicted octanol–water partition coefficient (Wildman–Crippen LogP) is 2.54. The van der Waals surface area contributed by atoms with Crippen LogP contribution in [0.25, 0.3) is 6.08 Å². The molecule has 0 amide bonds. The molecule has 0 aliphatic heterocycles. The van der Waals surface area contributed by atoms with Gasteiger partial charge in [-0.3, -0.25) is 9.78 Å². The van der Waals surface area contributed by atoms with Crippen LogP contribution in [0.1, 0.15) is 38.4 Å². The molecule has 0 saturated heterocycles. The molecule has 5 heteroatoms. The van der Waals surface area contributed by atoms with Gasteiger partial charge in [-0.2, -0.15) is 0 Å².